The first-order chi connectivity index (χ1) is 18.3. The second kappa shape index (κ2) is 10.0. The number of hydrogen-bond acceptors (Lipinski definition) is 4. The number of para-hydroxylation sites is 2. The molecule has 2 N–H and O–H groups in total. The second-order valence-electron chi connectivity index (χ2n) is 8.77. The van der Waals surface area contributed by atoms with Gasteiger partial charge in [0.2, 0.25) is 0 Å². The third-order valence-corrected chi connectivity index (χ3v) is 6.38. The lowest BCUT2D eigenvalue weighted by atomic mass is 10.1. The molecule has 0 aliphatic heterocycles. The highest BCUT2D eigenvalue weighted by atomic mass is 15.0. The van der Waals surface area contributed by atoms with Gasteiger partial charge in [-0.15, -0.1) is 0 Å². The molecule has 0 aliphatic rings. The van der Waals surface area contributed by atoms with Gasteiger partial charge in [-0.25, -0.2) is 0 Å². The summed E-state index contributed by atoms with van der Waals surface area (Å²) >= 11 is 0. The highest BCUT2D eigenvalue weighted by Crippen LogP contribution is 2.31. The van der Waals surface area contributed by atoms with Gasteiger partial charge in [-0.1, -0.05) is 60.7 Å². The summed E-state index contributed by atoms with van der Waals surface area (Å²) in [5, 5.41) is 2.50. The van der Waals surface area contributed by atoms with Crippen LogP contribution in [0.15, 0.2) is 133 Å². The Bertz CT molecular complexity index is 1660. The number of benzene rings is 3. The van der Waals surface area contributed by atoms with Crippen LogP contribution in [0.25, 0.3) is 33.2 Å². The summed E-state index contributed by atoms with van der Waals surface area (Å²) in [4.78, 5) is 13.6. The van der Waals surface area contributed by atoms with Crippen LogP contribution in [-0.4, -0.2) is 20.7 Å². The third-order valence-electron chi connectivity index (χ3n) is 6.38. The zero-order valence-corrected chi connectivity index (χ0v) is 20.1. The van der Waals surface area contributed by atoms with Crippen LogP contribution in [0.2, 0.25) is 0 Å². The molecule has 0 bridgehead atoms. The quantitative estimate of drug-likeness (QED) is 0.269. The molecule has 178 valence electrons. The summed E-state index contributed by atoms with van der Waals surface area (Å²) in [5.41, 5.74) is 13.1. The summed E-state index contributed by atoms with van der Waals surface area (Å²) in [6, 6.07) is 36.5. The van der Waals surface area contributed by atoms with E-state index >= 15 is 0 Å². The average molecular weight is 480 g/mol. The van der Waals surface area contributed by atoms with Crippen molar-refractivity contribution in [2.24, 2.45) is 10.7 Å². The molecule has 0 aliphatic carbocycles. The van der Waals surface area contributed by atoms with Gasteiger partial charge < -0.3 is 10.3 Å². The monoisotopic (exact) mass is 479 g/mol. The predicted octanol–water partition coefficient (Wildman–Crippen LogP) is 6.73. The SMILES string of the molecule is NC(/C=C(\N=Cc1ccc(-n2c3ccccc3c3ccccc32)cc1)c1ccccn1)c1ccccn1. The fourth-order valence-corrected chi connectivity index (χ4v) is 4.59. The van der Waals surface area contributed by atoms with Gasteiger partial charge in [-0.2, -0.15) is 0 Å². The summed E-state index contributed by atoms with van der Waals surface area (Å²) < 4.78 is 2.30. The van der Waals surface area contributed by atoms with E-state index < -0.39 is 6.04 Å². The maximum Gasteiger partial charge on any atom is 0.0883 e. The smallest absolute Gasteiger partial charge is 0.0883 e. The number of aromatic nitrogens is 3. The van der Waals surface area contributed by atoms with Gasteiger partial charge in [0.15, 0.2) is 0 Å². The Labute approximate surface area is 215 Å². The first-order valence-electron chi connectivity index (χ1n) is 12.2. The second-order valence-corrected chi connectivity index (χ2v) is 8.77. The lowest BCUT2D eigenvalue weighted by molar-refractivity contribution is 0.861. The summed E-state index contributed by atoms with van der Waals surface area (Å²) in [5.74, 6) is 0. The molecule has 6 aromatic rings. The number of aliphatic imine (C=N–C) groups is 1. The van der Waals surface area contributed by atoms with Crippen molar-refractivity contribution in [1.29, 1.82) is 0 Å². The largest absolute Gasteiger partial charge is 0.319 e. The molecule has 3 aromatic carbocycles. The molecule has 0 saturated carbocycles. The first kappa shape index (κ1) is 22.6. The Morgan fingerprint density at radius 2 is 1.32 bits per heavy atom. The average Bonchev–Trinajstić information content (AvgIpc) is 3.31. The Hall–Kier alpha value is -4.87. The van der Waals surface area contributed by atoms with E-state index in [1.54, 1.807) is 12.4 Å². The van der Waals surface area contributed by atoms with Gasteiger partial charge in [0.1, 0.15) is 0 Å². The van der Waals surface area contributed by atoms with E-state index in [0.717, 1.165) is 22.6 Å². The molecule has 3 heterocycles. The molecular formula is C32H25N5. The minimum atomic E-state index is -0.395. The van der Waals surface area contributed by atoms with Crippen molar-refractivity contribution < 1.29 is 0 Å². The van der Waals surface area contributed by atoms with Crippen molar-refractivity contribution in [2.45, 2.75) is 6.04 Å². The Balaban J connectivity index is 1.34. The minimum Gasteiger partial charge on any atom is -0.319 e. The standard InChI is InChI=1S/C32H25N5/c33-27(28-11-5-7-19-34-28)21-30(29-12-6-8-20-35-29)36-22-23-15-17-24(18-16-23)37-31-13-3-1-9-25(31)26-10-2-4-14-32(26)37/h1-22,27H,33H2/b30-21-,36-22?. The van der Waals surface area contributed by atoms with Crippen molar-refractivity contribution in [3.63, 3.8) is 0 Å². The molecule has 37 heavy (non-hydrogen) atoms. The predicted molar refractivity (Wildman–Crippen MR) is 152 cm³/mol. The van der Waals surface area contributed by atoms with Crippen LogP contribution in [0, 0.1) is 0 Å². The topological polar surface area (TPSA) is 69.1 Å². The molecule has 0 fully saturated rings. The van der Waals surface area contributed by atoms with Gasteiger partial charge in [0.05, 0.1) is 34.2 Å². The van der Waals surface area contributed by atoms with Crippen LogP contribution >= 0.6 is 0 Å². The van der Waals surface area contributed by atoms with Gasteiger partial charge in [0.25, 0.3) is 0 Å². The number of pyridine rings is 2. The van der Waals surface area contributed by atoms with E-state index in [9.17, 15) is 0 Å². The summed E-state index contributed by atoms with van der Waals surface area (Å²) in [6.45, 7) is 0. The molecule has 1 atom stereocenters. The van der Waals surface area contributed by atoms with Crippen LogP contribution in [-0.2, 0) is 0 Å². The molecule has 3 aromatic heterocycles. The number of nitrogens with two attached hydrogens (primary N) is 1. The maximum absolute atomic E-state index is 6.42. The molecule has 5 heteroatoms. The van der Waals surface area contributed by atoms with Crippen LogP contribution in [0.4, 0.5) is 0 Å². The van der Waals surface area contributed by atoms with Crippen LogP contribution in [0.5, 0.6) is 0 Å². The van der Waals surface area contributed by atoms with E-state index in [2.05, 4.69) is 87.3 Å². The number of fused-ring (bicyclic) bond motifs is 3. The molecule has 0 saturated heterocycles. The van der Waals surface area contributed by atoms with Crippen molar-refractivity contribution in [1.82, 2.24) is 14.5 Å². The fourth-order valence-electron chi connectivity index (χ4n) is 4.59. The fraction of sp³-hybridized carbons (Fsp3) is 0.0312. The Morgan fingerprint density at radius 3 is 1.95 bits per heavy atom. The lowest BCUT2D eigenvalue weighted by Gasteiger charge is -2.09. The van der Waals surface area contributed by atoms with Gasteiger partial charge >= 0.3 is 0 Å². The van der Waals surface area contributed by atoms with Gasteiger partial charge in [-0.3, -0.25) is 15.0 Å². The van der Waals surface area contributed by atoms with Crippen molar-refractivity contribution in [2.75, 3.05) is 0 Å². The number of nitrogens with zero attached hydrogens (tertiary/aromatic N) is 4. The van der Waals surface area contributed by atoms with Gasteiger partial charge in [0, 0.05) is 35.1 Å². The summed E-state index contributed by atoms with van der Waals surface area (Å²) in [6.07, 6.45) is 7.24. The Morgan fingerprint density at radius 1 is 0.703 bits per heavy atom. The molecular weight excluding hydrogens is 454 g/mol. The maximum atomic E-state index is 6.42. The van der Waals surface area contributed by atoms with Crippen LogP contribution in [0.3, 0.4) is 0 Å². The van der Waals surface area contributed by atoms with Crippen LogP contribution in [0.1, 0.15) is 23.0 Å². The molecule has 0 radical (unpaired) electrons. The van der Waals surface area contributed by atoms with Crippen molar-refractivity contribution >= 4 is 33.7 Å². The van der Waals surface area contributed by atoms with Gasteiger partial charge in [-0.05, 0) is 60.2 Å². The number of hydrogen-bond donors (Lipinski definition) is 1. The zero-order chi connectivity index (χ0) is 25.0. The van der Waals surface area contributed by atoms with Crippen LogP contribution < -0.4 is 5.73 Å². The normalized spacial score (nSPS) is 12.9. The van der Waals surface area contributed by atoms with Crippen molar-refractivity contribution in [3.05, 3.63) is 145 Å². The molecule has 6 rings (SSSR count). The van der Waals surface area contributed by atoms with E-state index in [4.69, 9.17) is 10.7 Å². The van der Waals surface area contributed by atoms with Crippen molar-refractivity contribution in [3.8, 4) is 5.69 Å². The zero-order valence-electron chi connectivity index (χ0n) is 20.1. The highest BCUT2D eigenvalue weighted by molar-refractivity contribution is 6.09. The van der Waals surface area contributed by atoms with E-state index in [1.807, 2.05) is 48.7 Å². The lowest BCUT2D eigenvalue weighted by Crippen LogP contribution is -2.09. The molecule has 0 amide bonds. The molecule has 5 nitrogen and oxygen atoms in total. The van der Waals surface area contributed by atoms with E-state index in [1.165, 1.54) is 21.8 Å². The summed E-state index contributed by atoms with van der Waals surface area (Å²) in [7, 11) is 0. The van der Waals surface area contributed by atoms with E-state index in [0.29, 0.717) is 5.70 Å². The minimum absolute atomic E-state index is 0.395. The highest BCUT2D eigenvalue weighted by Gasteiger charge is 2.11. The first-order valence-corrected chi connectivity index (χ1v) is 12.2. The third kappa shape index (κ3) is 4.56. The Kier molecular flexibility index (Phi) is 6.11. The molecule has 0 spiro atoms. The number of rotatable bonds is 6. The van der Waals surface area contributed by atoms with E-state index in [-0.39, 0.29) is 0 Å². The molecule has 1 unspecified atom stereocenters.